The Hall–Kier alpha value is -2.89. The van der Waals surface area contributed by atoms with Gasteiger partial charge in [-0.05, 0) is 18.6 Å². The van der Waals surface area contributed by atoms with Gasteiger partial charge in [-0.15, -0.1) is 0 Å². The quantitative estimate of drug-likeness (QED) is 0.511. The normalized spacial score (nSPS) is 11.5. The molecule has 1 aromatic heterocycles. The minimum absolute atomic E-state index is 0.162. The molecule has 0 aliphatic rings. The van der Waals surface area contributed by atoms with Crippen LogP contribution in [0.3, 0.4) is 0 Å². The van der Waals surface area contributed by atoms with Crippen LogP contribution in [0.1, 0.15) is 23.0 Å². The number of aromatic nitrogens is 1. The van der Waals surface area contributed by atoms with E-state index in [9.17, 15) is 14.8 Å². The second kappa shape index (κ2) is 7.21. The van der Waals surface area contributed by atoms with E-state index in [1.807, 2.05) is 30.3 Å². The molecule has 1 heterocycles. The highest BCUT2D eigenvalue weighted by atomic mass is 16.6. The molecule has 1 aromatic carbocycles. The maximum Gasteiger partial charge on any atom is 0.405 e. The molecule has 0 bridgehead atoms. The fraction of sp³-hybridized carbons (Fsp3) is 0.188. The van der Waals surface area contributed by atoms with Gasteiger partial charge in [0, 0.05) is 18.7 Å². The third-order valence-corrected chi connectivity index (χ3v) is 3.00. The van der Waals surface area contributed by atoms with Crippen LogP contribution in [0.5, 0.6) is 0 Å². The fourth-order valence-corrected chi connectivity index (χ4v) is 1.79. The summed E-state index contributed by atoms with van der Waals surface area (Å²) < 4.78 is 5.40. The summed E-state index contributed by atoms with van der Waals surface area (Å²) in [5.74, 6) is -1.26. The van der Waals surface area contributed by atoms with Crippen molar-refractivity contribution in [2.45, 2.75) is 19.6 Å². The maximum absolute atomic E-state index is 11.9. The standard InChI is InChI=1S/C16H16N2O4/c1-12(15(19)17-11-13-7-3-2-4-8-13)22-16(20)14-9-5-6-10-18(14)21/h2-10,12H,11H2,1H3,(H,17,19)/t12-/m0/s1. The van der Waals surface area contributed by atoms with E-state index < -0.39 is 18.0 Å². The summed E-state index contributed by atoms with van der Waals surface area (Å²) >= 11 is 0. The van der Waals surface area contributed by atoms with Crippen molar-refractivity contribution in [3.8, 4) is 0 Å². The van der Waals surface area contributed by atoms with Gasteiger partial charge in [-0.2, -0.15) is 4.73 Å². The van der Waals surface area contributed by atoms with Crippen molar-refractivity contribution in [2.24, 2.45) is 0 Å². The van der Waals surface area contributed by atoms with E-state index >= 15 is 0 Å². The van der Waals surface area contributed by atoms with Crippen LogP contribution < -0.4 is 10.0 Å². The number of carbonyl (C=O) groups is 2. The first kappa shape index (κ1) is 15.5. The van der Waals surface area contributed by atoms with Crippen LogP contribution in [-0.2, 0) is 16.1 Å². The van der Waals surface area contributed by atoms with E-state index in [-0.39, 0.29) is 5.69 Å². The number of hydrogen-bond acceptors (Lipinski definition) is 4. The summed E-state index contributed by atoms with van der Waals surface area (Å²) in [6.07, 6.45) is 0.202. The molecule has 114 valence electrons. The Morgan fingerprint density at radius 3 is 2.55 bits per heavy atom. The molecule has 2 rings (SSSR count). The van der Waals surface area contributed by atoms with Crippen molar-refractivity contribution in [3.05, 3.63) is 71.2 Å². The van der Waals surface area contributed by atoms with Gasteiger partial charge in [0.2, 0.25) is 0 Å². The molecule has 0 saturated carbocycles. The average Bonchev–Trinajstić information content (AvgIpc) is 2.53. The summed E-state index contributed by atoms with van der Waals surface area (Å²) in [4.78, 5) is 23.7. The second-order valence-corrected chi connectivity index (χ2v) is 4.66. The largest absolute Gasteiger partial charge is 0.618 e. The van der Waals surface area contributed by atoms with Gasteiger partial charge < -0.3 is 15.3 Å². The molecule has 1 atom stereocenters. The number of pyridine rings is 1. The highest BCUT2D eigenvalue weighted by Crippen LogP contribution is 2.01. The van der Waals surface area contributed by atoms with Gasteiger partial charge in [0.25, 0.3) is 5.91 Å². The van der Waals surface area contributed by atoms with Gasteiger partial charge in [0.05, 0.1) is 0 Å². The lowest BCUT2D eigenvalue weighted by Gasteiger charge is -2.13. The molecular formula is C16H16N2O4. The average molecular weight is 300 g/mol. The van der Waals surface area contributed by atoms with Crippen molar-refractivity contribution >= 4 is 11.9 Å². The molecule has 2 aromatic rings. The fourth-order valence-electron chi connectivity index (χ4n) is 1.79. The molecule has 0 fully saturated rings. The molecule has 0 aliphatic heterocycles. The first-order valence-corrected chi connectivity index (χ1v) is 6.78. The molecule has 0 radical (unpaired) electrons. The first-order valence-electron chi connectivity index (χ1n) is 6.78. The van der Waals surface area contributed by atoms with Crippen LogP contribution >= 0.6 is 0 Å². The Balaban J connectivity index is 1.89. The Morgan fingerprint density at radius 1 is 1.18 bits per heavy atom. The predicted octanol–water partition coefficient (Wildman–Crippen LogP) is 1.18. The topological polar surface area (TPSA) is 82.3 Å². The number of rotatable bonds is 5. The van der Waals surface area contributed by atoms with Crippen LogP contribution in [0.25, 0.3) is 0 Å². The Labute approximate surface area is 127 Å². The monoisotopic (exact) mass is 300 g/mol. The maximum atomic E-state index is 11.9. The lowest BCUT2D eigenvalue weighted by molar-refractivity contribution is -0.608. The number of ether oxygens (including phenoxy) is 1. The summed E-state index contributed by atoms with van der Waals surface area (Å²) in [5, 5.41) is 14.1. The van der Waals surface area contributed by atoms with Gasteiger partial charge in [-0.1, -0.05) is 30.3 Å². The second-order valence-electron chi connectivity index (χ2n) is 4.66. The molecule has 1 N–H and O–H groups in total. The molecular weight excluding hydrogens is 284 g/mol. The minimum Gasteiger partial charge on any atom is -0.618 e. The highest BCUT2D eigenvalue weighted by molar-refractivity contribution is 5.89. The van der Waals surface area contributed by atoms with Gasteiger partial charge in [-0.25, -0.2) is 4.79 Å². The number of benzene rings is 1. The number of nitrogens with one attached hydrogen (secondary N) is 1. The van der Waals surface area contributed by atoms with E-state index in [0.717, 1.165) is 5.56 Å². The summed E-state index contributed by atoms with van der Waals surface area (Å²) in [5.41, 5.74) is 0.778. The van der Waals surface area contributed by atoms with E-state index in [0.29, 0.717) is 11.3 Å². The molecule has 1 amide bonds. The van der Waals surface area contributed by atoms with E-state index in [1.165, 1.54) is 25.3 Å². The third kappa shape index (κ3) is 4.05. The number of carbonyl (C=O) groups excluding carboxylic acids is 2. The molecule has 6 nitrogen and oxygen atoms in total. The minimum atomic E-state index is -0.989. The zero-order chi connectivity index (χ0) is 15.9. The zero-order valence-electron chi connectivity index (χ0n) is 12.1. The van der Waals surface area contributed by atoms with Crippen molar-refractivity contribution in [1.29, 1.82) is 0 Å². The molecule has 0 unspecified atom stereocenters. The molecule has 6 heteroatoms. The predicted molar refractivity (Wildman–Crippen MR) is 78.6 cm³/mol. The lowest BCUT2D eigenvalue weighted by atomic mass is 10.2. The van der Waals surface area contributed by atoms with Crippen LogP contribution in [0.2, 0.25) is 0 Å². The molecule has 22 heavy (non-hydrogen) atoms. The van der Waals surface area contributed by atoms with Crippen LogP contribution in [0.4, 0.5) is 0 Å². The zero-order valence-corrected chi connectivity index (χ0v) is 12.1. The van der Waals surface area contributed by atoms with Crippen molar-refractivity contribution in [3.63, 3.8) is 0 Å². The van der Waals surface area contributed by atoms with E-state index in [1.54, 1.807) is 6.07 Å². The van der Waals surface area contributed by atoms with Gasteiger partial charge in [0.1, 0.15) is 0 Å². The summed E-state index contributed by atoms with van der Waals surface area (Å²) in [6.45, 7) is 1.80. The molecule has 0 aliphatic carbocycles. The van der Waals surface area contributed by atoms with E-state index in [4.69, 9.17) is 4.74 Å². The number of nitrogens with zero attached hydrogens (tertiary/aromatic N) is 1. The lowest BCUT2D eigenvalue weighted by Crippen LogP contribution is -2.39. The number of esters is 1. The van der Waals surface area contributed by atoms with Crippen LogP contribution in [-0.4, -0.2) is 18.0 Å². The third-order valence-electron chi connectivity index (χ3n) is 3.00. The van der Waals surface area contributed by atoms with E-state index in [2.05, 4.69) is 5.32 Å². The van der Waals surface area contributed by atoms with Crippen molar-refractivity contribution in [2.75, 3.05) is 0 Å². The summed E-state index contributed by atoms with van der Waals surface area (Å²) in [6, 6.07) is 13.8. The smallest absolute Gasteiger partial charge is 0.405 e. The molecule has 0 saturated heterocycles. The SMILES string of the molecule is C[C@H](OC(=O)c1cccc[n+]1[O-])C(=O)NCc1ccccc1. The Morgan fingerprint density at radius 2 is 1.86 bits per heavy atom. The van der Waals surface area contributed by atoms with Crippen molar-refractivity contribution < 1.29 is 19.1 Å². The van der Waals surface area contributed by atoms with Gasteiger partial charge in [0.15, 0.2) is 12.3 Å². The Bertz CT molecular complexity index is 658. The molecule has 0 spiro atoms. The number of amides is 1. The van der Waals surface area contributed by atoms with Crippen LogP contribution in [0.15, 0.2) is 54.7 Å². The first-order chi connectivity index (χ1) is 10.6. The van der Waals surface area contributed by atoms with Crippen molar-refractivity contribution in [1.82, 2.24) is 5.32 Å². The summed E-state index contributed by atoms with van der Waals surface area (Å²) in [7, 11) is 0. The highest BCUT2D eigenvalue weighted by Gasteiger charge is 2.23. The number of hydrogen-bond donors (Lipinski definition) is 1. The van der Waals surface area contributed by atoms with Crippen LogP contribution in [0, 0.1) is 5.21 Å². The van der Waals surface area contributed by atoms with Gasteiger partial charge in [-0.3, -0.25) is 4.79 Å². The van der Waals surface area contributed by atoms with Gasteiger partial charge >= 0.3 is 11.7 Å². The Kier molecular flexibility index (Phi) is 5.08.